The number of furan rings is 1. The number of quaternary nitrogens is 1. The van der Waals surface area contributed by atoms with Gasteiger partial charge in [0, 0.05) is 12.1 Å². The van der Waals surface area contributed by atoms with E-state index in [1.165, 1.54) is 4.90 Å². The van der Waals surface area contributed by atoms with E-state index in [2.05, 4.69) is 16.0 Å². The predicted molar refractivity (Wildman–Crippen MR) is 99.8 cm³/mol. The number of fused-ring (bicyclic) bond motifs is 3. The predicted octanol–water partition coefficient (Wildman–Crippen LogP) is 2.21. The molecular weight excluding hydrogens is 328 g/mol. The highest BCUT2D eigenvalue weighted by Crippen LogP contribution is 2.21. The number of rotatable bonds is 5. The SMILES string of the molecule is CC(C)CC(=O)Nc1ccc2c(c1)nc1n2CC[NH+](Cc2ccco2)C1. The van der Waals surface area contributed by atoms with Crippen LogP contribution in [0, 0.1) is 5.92 Å². The lowest BCUT2D eigenvalue weighted by atomic mass is 10.1. The van der Waals surface area contributed by atoms with Crippen LogP contribution in [0.15, 0.2) is 41.0 Å². The fraction of sp³-hybridized carbons (Fsp3) is 0.400. The van der Waals surface area contributed by atoms with Crippen LogP contribution in [0.2, 0.25) is 0 Å². The summed E-state index contributed by atoms with van der Waals surface area (Å²) < 4.78 is 7.77. The van der Waals surface area contributed by atoms with E-state index in [0.29, 0.717) is 12.3 Å². The zero-order valence-corrected chi connectivity index (χ0v) is 15.3. The highest BCUT2D eigenvalue weighted by molar-refractivity contribution is 5.93. The molecule has 0 spiro atoms. The minimum Gasteiger partial charge on any atom is -0.463 e. The normalized spacial score (nSPS) is 16.8. The number of amides is 1. The molecule has 1 unspecified atom stereocenters. The van der Waals surface area contributed by atoms with Gasteiger partial charge >= 0.3 is 0 Å². The Morgan fingerprint density at radius 2 is 2.27 bits per heavy atom. The summed E-state index contributed by atoms with van der Waals surface area (Å²) in [6.45, 7) is 7.84. The summed E-state index contributed by atoms with van der Waals surface area (Å²) in [4.78, 5) is 18.3. The number of carbonyl (C=O) groups is 1. The topological polar surface area (TPSA) is 64.5 Å². The van der Waals surface area contributed by atoms with Gasteiger partial charge in [-0.3, -0.25) is 4.79 Å². The van der Waals surface area contributed by atoms with Gasteiger partial charge in [-0.05, 0) is 36.2 Å². The molecule has 3 heterocycles. The molecule has 0 fully saturated rings. The maximum absolute atomic E-state index is 12.0. The lowest BCUT2D eigenvalue weighted by Crippen LogP contribution is -3.10. The summed E-state index contributed by atoms with van der Waals surface area (Å²) in [6, 6.07) is 9.97. The fourth-order valence-corrected chi connectivity index (χ4v) is 3.62. The first-order chi connectivity index (χ1) is 12.6. The second-order valence-electron chi connectivity index (χ2n) is 7.46. The largest absolute Gasteiger partial charge is 0.463 e. The Labute approximate surface area is 152 Å². The van der Waals surface area contributed by atoms with Gasteiger partial charge in [0.05, 0.1) is 30.4 Å². The summed E-state index contributed by atoms with van der Waals surface area (Å²) in [5.74, 6) is 2.51. The van der Waals surface area contributed by atoms with E-state index in [1.807, 2.05) is 38.1 Å². The molecule has 2 N–H and O–H groups in total. The Morgan fingerprint density at radius 1 is 1.38 bits per heavy atom. The first kappa shape index (κ1) is 16.8. The minimum atomic E-state index is 0.0531. The average Bonchev–Trinajstić information content (AvgIpc) is 3.20. The van der Waals surface area contributed by atoms with Crippen LogP contribution in [0.3, 0.4) is 0 Å². The lowest BCUT2D eigenvalue weighted by Gasteiger charge is -2.24. The third-order valence-corrected chi connectivity index (χ3v) is 4.81. The molecule has 4 rings (SSSR count). The number of imidazole rings is 1. The molecule has 0 bridgehead atoms. The van der Waals surface area contributed by atoms with Gasteiger partial charge < -0.3 is 19.2 Å². The molecule has 0 saturated heterocycles. The summed E-state index contributed by atoms with van der Waals surface area (Å²) >= 11 is 0. The van der Waals surface area contributed by atoms with Crippen LogP contribution in [0.25, 0.3) is 11.0 Å². The summed E-state index contributed by atoms with van der Waals surface area (Å²) in [5, 5.41) is 2.98. The fourth-order valence-electron chi connectivity index (χ4n) is 3.62. The van der Waals surface area contributed by atoms with Crippen molar-refractivity contribution in [1.82, 2.24) is 9.55 Å². The van der Waals surface area contributed by atoms with Crippen LogP contribution < -0.4 is 10.2 Å². The summed E-state index contributed by atoms with van der Waals surface area (Å²) in [6.07, 6.45) is 2.26. The highest BCUT2D eigenvalue weighted by Gasteiger charge is 2.24. The first-order valence-electron chi connectivity index (χ1n) is 9.23. The zero-order chi connectivity index (χ0) is 18.1. The maximum Gasteiger partial charge on any atom is 0.224 e. The Kier molecular flexibility index (Phi) is 4.51. The molecule has 136 valence electrons. The molecule has 26 heavy (non-hydrogen) atoms. The molecule has 1 atom stereocenters. The number of anilines is 1. The Bertz CT molecular complexity index is 911. The molecule has 0 radical (unpaired) electrons. The first-order valence-corrected chi connectivity index (χ1v) is 9.23. The van der Waals surface area contributed by atoms with E-state index in [9.17, 15) is 4.79 Å². The van der Waals surface area contributed by atoms with Crippen molar-refractivity contribution in [2.45, 2.75) is 39.9 Å². The van der Waals surface area contributed by atoms with Gasteiger partial charge in [-0.1, -0.05) is 13.8 Å². The third-order valence-electron chi connectivity index (χ3n) is 4.81. The Balaban J connectivity index is 1.51. The quantitative estimate of drug-likeness (QED) is 0.739. The Morgan fingerprint density at radius 3 is 3.04 bits per heavy atom. The van der Waals surface area contributed by atoms with E-state index in [1.54, 1.807) is 6.26 Å². The van der Waals surface area contributed by atoms with Crippen molar-refractivity contribution >= 4 is 22.6 Å². The molecular formula is C20H25N4O2+. The van der Waals surface area contributed by atoms with Crippen molar-refractivity contribution in [2.24, 2.45) is 5.92 Å². The van der Waals surface area contributed by atoms with Crippen LogP contribution >= 0.6 is 0 Å². The molecule has 6 heteroatoms. The molecule has 1 aliphatic heterocycles. The van der Waals surface area contributed by atoms with Crippen molar-refractivity contribution in [3.05, 3.63) is 48.2 Å². The van der Waals surface area contributed by atoms with Crippen LogP contribution in [0.4, 0.5) is 5.69 Å². The second kappa shape index (κ2) is 6.96. The maximum atomic E-state index is 12.0. The lowest BCUT2D eigenvalue weighted by molar-refractivity contribution is -0.932. The van der Waals surface area contributed by atoms with Crippen molar-refractivity contribution < 1.29 is 14.1 Å². The van der Waals surface area contributed by atoms with Gasteiger partial charge in [0.2, 0.25) is 5.91 Å². The standard InChI is InChI=1S/C20H24N4O2/c1-14(2)10-20(25)21-15-5-6-18-17(11-15)22-19-13-23(7-8-24(18)19)12-16-4-3-9-26-16/h3-6,9,11,14H,7-8,10,12-13H2,1-2H3,(H,21,25)/p+1. The highest BCUT2D eigenvalue weighted by atomic mass is 16.3. The van der Waals surface area contributed by atoms with Crippen molar-refractivity contribution in [1.29, 1.82) is 0 Å². The molecule has 1 aromatic carbocycles. The Hall–Kier alpha value is -2.60. The summed E-state index contributed by atoms with van der Waals surface area (Å²) in [5.41, 5.74) is 2.90. The van der Waals surface area contributed by atoms with Gasteiger partial charge in [-0.2, -0.15) is 0 Å². The number of hydrogen-bond donors (Lipinski definition) is 2. The zero-order valence-electron chi connectivity index (χ0n) is 15.3. The van der Waals surface area contributed by atoms with Gasteiger partial charge in [-0.15, -0.1) is 0 Å². The van der Waals surface area contributed by atoms with Gasteiger partial charge in [0.15, 0.2) is 11.6 Å². The molecule has 3 aromatic rings. The van der Waals surface area contributed by atoms with Crippen molar-refractivity contribution in [3.8, 4) is 0 Å². The van der Waals surface area contributed by atoms with Crippen molar-refractivity contribution in [3.63, 3.8) is 0 Å². The van der Waals surface area contributed by atoms with E-state index in [4.69, 9.17) is 9.40 Å². The van der Waals surface area contributed by atoms with E-state index >= 15 is 0 Å². The van der Waals surface area contributed by atoms with E-state index in [-0.39, 0.29) is 5.91 Å². The number of hydrogen-bond acceptors (Lipinski definition) is 3. The molecule has 2 aromatic heterocycles. The minimum absolute atomic E-state index is 0.0531. The monoisotopic (exact) mass is 353 g/mol. The van der Waals surface area contributed by atoms with Gasteiger partial charge in [0.1, 0.15) is 13.1 Å². The smallest absolute Gasteiger partial charge is 0.224 e. The van der Waals surface area contributed by atoms with Gasteiger partial charge in [0.25, 0.3) is 0 Å². The molecule has 6 nitrogen and oxygen atoms in total. The van der Waals surface area contributed by atoms with Crippen LogP contribution in [0.1, 0.15) is 31.9 Å². The molecule has 1 aliphatic rings. The third kappa shape index (κ3) is 3.51. The average molecular weight is 353 g/mol. The van der Waals surface area contributed by atoms with Crippen LogP contribution in [0.5, 0.6) is 0 Å². The number of nitrogens with zero attached hydrogens (tertiary/aromatic N) is 2. The number of aromatic nitrogens is 2. The van der Waals surface area contributed by atoms with Crippen molar-refractivity contribution in [2.75, 3.05) is 11.9 Å². The van der Waals surface area contributed by atoms with Crippen LogP contribution in [-0.2, 0) is 24.4 Å². The van der Waals surface area contributed by atoms with Gasteiger partial charge in [-0.25, -0.2) is 4.98 Å². The molecule has 0 aliphatic carbocycles. The van der Waals surface area contributed by atoms with E-state index in [0.717, 1.165) is 54.5 Å². The molecule has 1 amide bonds. The second-order valence-corrected chi connectivity index (χ2v) is 7.46. The van der Waals surface area contributed by atoms with E-state index < -0.39 is 0 Å². The summed E-state index contributed by atoms with van der Waals surface area (Å²) in [7, 11) is 0. The molecule has 0 saturated carbocycles. The van der Waals surface area contributed by atoms with Crippen LogP contribution in [-0.4, -0.2) is 22.0 Å². The number of benzene rings is 1. The number of nitrogens with one attached hydrogen (secondary N) is 2. The number of carbonyl (C=O) groups excluding carboxylic acids is 1.